The Balaban J connectivity index is 0.00000169. The normalized spacial score (nSPS) is 26.8. The van der Waals surface area contributed by atoms with Crippen LogP contribution >= 0.6 is 24.8 Å². The molecule has 2 atom stereocenters. The zero-order valence-electron chi connectivity index (χ0n) is 15.3. The second kappa shape index (κ2) is 12.0. The number of ether oxygens (including phenoxy) is 1. The van der Waals surface area contributed by atoms with Crippen molar-refractivity contribution in [1.29, 1.82) is 0 Å². The Hall–Kier alpha value is -0.600. The third kappa shape index (κ3) is 6.85. The van der Waals surface area contributed by atoms with Gasteiger partial charge in [0.1, 0.15) is 0 Å². The van der Waals surface area contributed by atoms with Gasteiger partial charge in [-0.2, -0.15) is 0 Å². The number of halogens is 2. The third-order valence-electron chi connectivity index (χ3n) is 5.34. The fourth-order valence-electron chi connectivity index (χ4n) is 3.74. The van der Waals surface area contributed by atoms with Crippen LogP contribution in [0, 0.1) is 11.8 Å². The van der Waals surface area contributed by atoms with E-state index in [4.69, 9.17) is 4.74 Å². The van der Waals surface area contributed by atoms with Crippen LogP contribution in [0.25, 0.3) is 0 Å². The number of rotatable bonds is 6. The Morgan fingerprint density at radius 1 is 1.23 bits per heavy atom. The number of amides is 2. The van der Waals surface area contributed by atoms with Crippen LogP contribution in [0.5, 0.6) is 0 Å². The quantitative estimate of drug-likeness (QED) is 0.650. The smallest absolute Gasteiger partial charge is 0.225 e. The van der Waals surface area contributed by atoms with Crippen molar-refractivity contribution in [3.63, 3.8) is 0 Å². The van der Waals surface area contributed by atoms with Crippen LogP contribution < -0.4 is 10.6 Å². The molecule has 0 spiro atoms. The second-order valence-electron chi connectivity index (χ2n) is 7.15. The number of piperidine rings is 1. The van der Waals surface area contributed by atoms with Crippen molar-refractivity contribution in [3.8, 4) is 0 Å². The van der Waals surface area contributed by atoms with Gasteiger partial charge in [-0.25, -0.2) is 0 Å². The molecule has 26 heavy (non-hydrogen) atoms. The van der Waals surface area contributed by atoms with Gasteiger partial charge in [-0.05, 0) is 31.8 Å². The second-order valence-corrected chi connectivity index (χ2v) is 7.15. The molecule has 0 saturated carbocycles. The van der Waals surface area contributed by atoms with Gasteiger partial charge >= 0.3 is 0 Å². The van der Waals surface area contributed by atoms with Crippen molar-refractivity contribution in [3.05, 3.63) is 0 Å². The highest BCUT2D eigenvalue weighted by molar-refractivity contribution is 5.89. The number of hydrogen-bond acceptors (Lipinski definition) is 5. The molecule has 7 nitrogen and oxygen atoms in total. The molecule has 3 heterocycles. The van der Waals surface area contributed by atoms with E-state index in [0.717, 1.165) is 59.0 Å². The third-order valence-corrected chi connectivity index (χ3v) is 5.34. The Bertz CT molecular complexity index is 444. The lowest BCUT2D eigenvalue weighted by atomic mass is 9.99. The van der Waals surface area contributed by atoms with E-state index < -0.39 is 0 Å². The van der Waals surface area contributed by atoms with E-state index in [0.29, 0.717) is 18.9 Å². The minimum absolute atomic E-state index is 0. The molecule has 2 amide bonds. The molecule has 0 aromatic heterocycles. The highest BCUT2D eigenvalue weighted by atomic mass is 35.5. The van der Waals surface area contributed by atoms with Gasteiger partial charge < -0.3 is 20.3 Å². The van der Waals surface area contributed by atoms with Gasteiger partial charge in [0.05, 0.1) is 19.1 Å². The first-order valence-corrected chi connectivity index (χ1v) is 9.28. The summed E-state index contributed by atoms with van der Waals surface area (Å²) in [6.07, 6.45) is 2.71. The maximum Gasteiger partial charge on any atom is 0.225 e. The molecular formula is C17H32Cl2N4O3. The van der Waals surface area contributed by atoms with Gasteiger partial charge in [-0.15, -0.1) is 24.8 Å². The molecule has 2 N–H and O–H groups in total. The molecular weight excluding hydrogens is 379 g/mol. The van der Waals surface area contributed by atoms with Crippen molar-refractivity contribution in [1.82, 2.24) is 20.4 Å². The Kier molecular flexibility index (Phi) is 10.8. The van der Waals surface area contributed by atoms with Gasteiger partial charge in [-0.3, -0.25) is 14.5 Å². The molecule has 3 saturated heterocycles. The summed E-state index contributed by atoms with van der Waals surface area (Å²) in [5.41, 5.74) is 0. The molecule has 2 unspecified atom stereocenters. The van der Waals surface area contributed by atoms with Crippen LogP contribution in [0.2, 0.25) is 0 Å². The van der Waals surface area contributed by atoms with Gasteiger partial charge in [0.15, 0.2) is 0 Å². The molecule has 3 fully saturated rings. The average Bonchev–Trinajstić information content (AvgIpc) is 3.00. The Morgan fingerprint density at radius 2 is 2.00 bits per heavy atom. The molecule has 152 valence electrons. The largest absolute Gasteiger partial charge is 0.379 e. The summed E-state index contributed by atoms with van der Waals surface area (Å²) in [4.78, 5) is 28.7. The number of nitrogens with one attached hydrogen (secondary N) is 2. The first kappa shape index (κ1) is 23.4. The minimum Gasteiger partial charge on any atom is -0.379 e. The van der Waals surface area contributed by atoms with E-state index >= 15 is 0 Å². The number of hydrogen-bond donors (Lipinski definition) is 2. The van der Waals surface area contributed by atoms with E-state index in [-0.39, 0.29) is 42.5 Å². The maximum absolute atomic E-state index is 12.3. The van der Waals surface area contributed by atoms with Gasteiger partial charge in [0, 0.05) is 45.7 Å². The summed E-state index contributed by atoms with van der Waals surface area (Å²) < 4.78 is 5.34. The first-order chi connectivity index (χ1) is 11.7. The topological polar surface area (TPSA) is 73.9 Å². The van der Waals surface area contributed by atoms with Crippen LogP contribution in [0.4, 0.5) is 0 Å². The van der Waals surface area contributed by atoms with Crippen LogP contribution in [0.15, 0.2) is 0 Å². The lowest BCUT2D eigenvalue weighted by molar-refractivity contribution is -0.129. The van der Waals surface area contributed by atoms with Crippen molar-refractivity contribution >= 4 is 36.6 Å². The monoisotopic (exact) mass is 410 g/mol. The van der Waals surface area contributed by atoms with Gasteiger partial charge in [-0.1, -0.05) is 0 Å². The summed E-state index contributed by atoms with van der Waals surface area (Å²) in [7, 11) is 0. The van der Waals surface area contributed by atoms with Crippen molar-refractivity contribution in [2.24, 2.45) is 11.8 Å². The Morgan fingerprint density at radius 3 is 2.69 bits per heavy atom. The molecule has 3 aliphatic heterocycles. The average molecular weight is 411 g/mol. The molecule has 0 bridgehead atoms. The lowest BCUT2D eigenvalue weighted by Gasteiger charge is -2.28. The SMILES string of the molecule is Cl.Cl.O=C(NCC1CCCNC1)C1CC(=O)N(CCN2CCOCC2)C1. The molecule has 0 aliphatic carbocycles. The summed E-state index contributed by atoms with van der Waals surface area (Å²) >= 11 is 0. The Labute approximate surface area is 168 Å². The summed E-state index contributed by atoms with van der Waals surface area (Å²) in [5, 5.41) is 6.42. The zero-order valence-corrected chi connectivity index (χ0v) is 16.9. The van der Waals surface area contributed by atoms with Crippen molar-refractivity contribution < 1.29 is 14.3 Å². The fraction of sp³-hybridized carbons (Fsp3) is 0.882. The van der Waals surface area contributed by atoms with Crippen LogP contribution in [0.1, 0.15) is 19.3 Å². The number of likely N-dealkylation sites (tertiary alicyclic amines) is 1. The molecule has 9 heteroatoms. The summed E-state index contributed by atoms with van der Waals surface area (Å²) in [6.45, 7) is 8.36. The van der Waals surface area contributed by atoms with Crippen LogP contribution in [0.3, 0.4) is 0 Å². The summed E-state index contributed by atoms with van der Waals surface area (Å²) in [6, 6.07) is 0. The molecule has 0 aromatic rings. The van der Waals surface area contributed by atoms with E-state index in [2.05, 4.69) is 15.5 Å². The van der Waals surface area contributed by atoms with E-state index in [1.54, 1.807) is 0 Å². The molecule has 3 aliphatic rings. The van der Waals surface area contributed by atoms with Crippen molar-refractivity contribution in [2.75, 3.05) is 65.6 Å². The molecule has 0 radical (unpaired) electrons. The van der Waals surface area contributed by atoms with E-state index in [1.807, 2.05) is 4.90 Å². The molecule has 3 rings (SSSR count). The highest BCUT2D eigenvalue weighted by Gasteiger charge is 2.34. The number of morpholine rings is 1. The minimum atomic E-state index is -0.182. The maximum atomic E-state index is 12.3. The first-order valence-electron chi connectivity index (χ1n) is 9.28. The number of carbonyl (C=O) groups excluding carboxylic acids is 2. The van der Waals surface area contributed by atoms with Gasteiger partial charge in [0.2, 0.25) is 11.8 Å². The predicted molar refractivity (Wildman–Crippen MR) is 105 cm³/mol. The fourth-order valence-corrected chi connectivity index (χ4v) is 3.74. The van der Waals surface area contributed by atoms with E-state index in [9.17, 15) is 9.59 Å². The lowest BCUT2D eigenvalue weighted by Crippen LogP contribution is -2.42. The van der Waals surface area contributed by atoms with Gasteiger partial charge in [0.25, 0.3) is 0 Å². The standard InChI is InChI=1S/C17H30N4O3.2ClH/c22-16-10-15(17(23)19-12-14-2-1-3-18-11-14)13-21(16)5-4-20-6-8-24-9-7-20;;/h14-15,18H,1-13H2,(H,19,23);2*1H. The van der Waals surface area contributed by atoms with Crippen molar-refractivity contribution in [2.45, 2.75) is 19.3 Å². The highest BCUT2D eigenvalue weighted by Crippen LogP contribution is 2.18. The van der Waals surface area contributed by atoms with Crippen LogP contribution in [-0.4, -0.2) is 87.2 Å². The zero-order chi connectivity index (χ0) is 16.8. The molecule has 0 aromatic carbocycles. The van der Waals surface area contributed by atoms with E-state index in [1.165, 1.54) is 12.8 Å². The number of nitrogens with zero attached hydrogens (tertiary/aromatic N) is 2. The predicted octanol–water partition coefficient (Wildman–Crippen LogP) is 0.127. The number of carbonyl (C=O) groups is 2. The summed E-state index contributed by atoms with van der Waals surface area (Å²) in [5.74, 6) is 0.501. The van der Waals surface area contributed by atoms with Crippen LogP contribution in [-0.2, 0) is 14.3 Å².